The van der Waals surface area contributed by atoms with Gasteiger partial charge in [0.05, 0.1) is 0 Å². The van der Waals surface area contributed by atoms with Crippen LogP contribution in [0.25, 0.3) is 0 Å². The zero-order valence-electron chi connectivity index (χ0n) is 14.8. The van der Waals surface area contributed by atoms with E-state index >= 15 is 0 Å². The van der Waals surface area contributed by atoms with E-state index in [-0.39, 0.29) is 0 Å². The van der Waals surface area contributed by atoms with Gasteiger partial charge in [-0.1, -0.05) is 46.0 Å². The van der Waals surface area contributed by atoms with Gasteiger partial charge in [0, 0.05) is 13.2 Å². The first-order valence-corrected chi connectivity index (χ1v) is 11.0. The molecule has 0 aliphatic carbocycles. The molecule has 140 valence electrons. The maximum absolute atomic E-state index is 8.22. The number of unbranched alkanes of at least 4 members (excludes halogenated alkanes) is 5. The second-order valence-electron chi connectivity index (χ2n) is 4.87. The average Bonchev–Trinajstić information content (AvgIpc) is 2.60. The molecule has 0 fully saturated rings. The summed E-state index contributed by atoms with van der Waals surface area (Å²) >= 11 is 15.0. The molecule has 0 unspecified atom stereocenters. The third-order valence-electron chi connectivity index (χ3n) is 3.22. The van der Waals surface area contributed by atoms with Crippen molar-refractivity contribution in [3.8, 4) is 0 Å². The molecule has 0 aliphatic heterocycles. The van der Waals surface area contributed by atoms with Gasteiger partial charge in [-0.15, -0.1) is 0 Å². The Morgan fingerprint density at radius 2 is 1.17 bits per heavy atom. The van der Waals surface area contributed by atoms with Crippen molar-refractivity contribution in [1.29, 1.82) is 0 Å². The minimum absolute atomic E-state index is 0.673. The molecular formula is C16H34NO2S3Tc. The number of rotatable bonds is 14. The second kappa shape index (κ2) is 31.2. The summed E-state index contributed by atoms with van der Waals surface area (Å²) in [6.45, 7) is 9.52. The standard InChI is InChI=1S/C12H27NS.C4H10OS2.O.Tc/c1-3-13(4-2)11-9-7-5-6-8-10-12-14;6-3-1-5-2-4-7;;/h14H,3-12H2,1-2H3;6-7H,1-4H2;;/q;;;+3/p-3. The Balaban J connectivity index is -0.000000373. The fourth-order valence-corrected chi connectivity index (χ4v) is 2.34. The van der Waals surface area contributed by atoms with Gasteiger partial charge in [-0.25, -0.2) is 0 Å². The van der Waals surface area contributed by atoms with E-state index in [0.717, 1.165) is 24.6 Å². The van der Waals surface area contributed by atoms with Gasteiger partial charge in [-0.2, -0.15) is 17.3 Å². The van der Waals surface area contributed by atoms with Gasteiger partial charge in [-0.05, 0) is 26.1 Å². The van der Waals surface area contributed by atoms with E-state index in [4.69, 9.17) is 20.9 Å². The van der Waals surface area contributed by atoms with Gasteiger partial charge >= 0.3 is 22.4 Å². The summed E-state index contributed by atoms with van der Waals surface area (Å²) in [5.74, 6) is 2.30. The Morgan fingerprint density at radius 1 is 0.739 bits per heavy atom. The van der Waals surface area contributed by atoms with Crippen molar-refractivity contribution in [3.63, 3.8) is 0 Å². The molecule has 0 N–H and O–H groups in total. The van der Waals surface area contributed by atoms with Gasteiger partial charge in [0.15, 0.2) is 0 Å². The largest absolute Gasteiger partial charge is 0.790 e. The van der Waals surface area contributed by atoms with E-state index in [9.17, 15) is 0 Å². The van der Waals surface area contributed by atoms with E-state index in [1.165, 1.54) is 58.2 Å². The predicted octanol–water partition coefficient (Wildman–Crippen LogP) is 3.19. The van der Waals surface area contributed by atoms with Gasteiger partial charge < -0.3 is 47.5 Å². The molecule has 0 bridgehead atoms. The summed E-state index contributed by atoms with van der Waals surface area (Å²) in [6.07, 6.45) is 8.13. The molecule has 0 saturated heterocycles. The zero-order valence-corrected chi connectivity index (χ0v) is 19.1. The van der Waals surface area contributed by atoms with Crippen LogP contribution < -0.4 is 0 Å². The summed E-state index contributed by atoms with van der Waals surface area (Å²) in [6, 6.07) is 0. The molecule has 0 aromatic rings. The molecular weight excluding hydrogens is 432 g/mol. The summed E-state index contributed by atoms with van der Waals surface area (Å²) in [5.41, 5.74) is 0. The van der Waals surface area contributed by atoms with Crippen LogP contribution in [0.5, 0.6) is 0 Å². The molecule has 0 radical (unpaired) electrons. The monoisotopic (exact) mass is 465 g/mol. The van der Waals surface area contributed by atoms with Crippen LogP contribution in [0.2, 0.25) is 0 Å². The number of ether oxygens (including phenoxy) is 1. The third kappa shape index (κ3) is 31.7. The van der Waals surface area contributed by atoms with Crippen molar-refractivity contribution in [1.82, 2.24) is 4.90 Å². The van der Waals surface area contributed by atoms with E-state index in [2.05, 4.69) is 44.0 Å². The molecule has 0 rings (SSSR count). The van der Waals surface area contributed by atoms with Crippen LogP contribution in [0.3, 0.4) is 0 Å². The van der Waals surface area contributed by atoms with Crippen LogP contribution in [0.15, 0.2) is 0 Å². The van der Waals surface area contributed by atoms with Crippen LogP contribution in [0, 0.1) is 0 Å². The molecule has 0 atom stereocenters. The first kappa shape index (κ1) is 29.2. The van der Waals surface area contributed by atoms with Crippen LogP contribution in [-0.4, -0.2) is 55.0 Å². The zero-order chi connectivity index (χ0) is 18.2. The average molecular weight is 467 g/mol. The number of nitrogens with zero attached hydrogens (tertiary/aromatic N) is 1. The van der Waals surface area contributed by atoms with Crippen molar-refractivity contribution in [3.05, 3.63) is 0 Å². The normalized spacial score (nSPS) is 9.78. The Morgan fingerprint density at radius 3 is 1.57 bits per heavy atom. The minimum Gasteiger partial charge on any atom is -0.790 e. The van der Waals surface area contributed by atoms with Gasteiger partial charge in [0.2, 0.25) is 0 Å². The Hall–Kier alpha value is 1.42. The summed E-state index contributed by atoms with van der Waals surface area (Å²) in [4.78, 5) is 2.50. The maximum Gasteiger partial charge on any atom is 0.0247 e. The molecule has 0 aliphatic rings. The molecule has 0 aromatic carbocycles. The van der Waals surface area contributed by atoms with Crippen molar-refractivity contribution in [2.24, 2.45) is 0 Å². The first-order valence-electron chi connectivity index (χ1n) is 8.46. The molecule has 23 heavy (non-hydrogen) atoms. The molecule has 0 heterocycles. The summed E-state index contributed by atoms with van der Waals surface area (Å²) in [7, 11) is 0. The van der Waals surface area contributed by atoms with Gasteiger partial charge in [0.1, 0.15) is 0 Å². The van der Waals surface area contributed by atoms with Crippen LogP contribution in [0.1, 0.15) is 52.4 Å². The van der Waals surface area contributed by atoms with Crippen LogP contribution >= 0.6 is 0 Å². The predicted molar refractivity (Wildman–Crippen MR) is 104 cm³/mol. The molecule has 7 heteroatoms. The smallest absolute Gasteiger partial charge is 0.0247 e. The summed E-state index contributed by atoms with van der Waals surface area (Å²) in [5, 5.41) is 0. The molecule has 0 spiro atoms. The van der Waals surface area contributed by atoms with Crippen LogP contribution in [0.4, 0.5) is 0 Å². The Labute approximate surface area is 171 Å². The molecule has 3 nitrogen and oxygen atoms in total. The van der Waals surface area contributed by atoms with Crippen molar-refractivity contribution >= 4 is 37.9 Å². The van der Waals surface area contributed by atoms with E-state index in [1.54, 1.807) is 0 Å². The Bertz CT molecular complexity index is 187. The first-order chi connectivity index (χ1) is 11.3. The van der Waals surface area contributed by atoms with Crippen molar-refractivity contribution in [2.45, 2.75) is 52.4 Å². The number of hydrogen-bond donors (Lipinski definition) is 0. The quantitative estimate of drug-likeness (QED) is 0.289. The van der Waals surface area contributed by atoms with E-state index in [0.29, 0.717) is 24.7 Å². The maximum atomic E-state index is 8.22. The third-order valence-corrected chi connectivity index (χ3v) is 3.84. The second-order valence-corrected chi connectivity index (χ2v) is 6.10. The van der Waals surface area contributed by atoms with E-state index < -0.39 is 0 Å². The van der Waals surface area contributed by atoms with Gasteiger partial charge in [0.25, 0.3) is 0 Å². The SMILES string of the molecule is CCN(CC)CCCCCCCC[S-].[O]=[Tc+3].[S-]CCOCC[S-]. The topological polar surface area (TPSA) is 29.5 Å². The molecule has 0 aromatic heterocycles. The van der Waals surface area contributed by atoms with Crippen molar-refractivity contribution in [2.75, 3.05) is 50.1 Å². The number of hydrogen-bond acceptors (Lipinski definition) is 6. The Kier molecular flexibility index (Phi) is 39.6. The van der Waals surface area contributed by atoms with Gasteiger partial charge in [-0.3, -0.25) is 0 Å². The summed E-state index contributed by atoms with van der Waals surface area (Å²) < 4.78 is 13.1. The van der Waals surface area contributed by atoms with E-state index in [1.807, 2.05) is 0 Å². The molecule has 0 saturated carbocycles. The van der Waals surface area contributed by atoms with Crippen LogP contribution in [-0.2, 0) is 65.0 Å². The van der Waals surface area contributed by atoms with Crippen molar-refractivity contribution < 1.29 is 27.1 Å². The molecule has 0 amide bonds. The minimum atomic E-state index is 0.673. The fraction of sp³-hybridized carbons (Fsp3) is 1.00. The fourth-order valence-electron chi connectivity index (χ4n) is 1.90.